The van der Waals surface area contributed by atoms with E-state index in [1.807, 2.05) is 0 Å². The molecule has 0 heterocycles. The topological polar surface area (TPSA) is 120 Å². The van der Waals surface area contributed by atoms with Crippen molar-refractivity contribution in [2.24, 2.45) is 23.3 Å². The van der Waals surface area contributed by atoms with Gasteiger partial charge in [0, 0.05) is 0 Å². The van der Waals surface area contributed by atoms with E-state index in [1.165, 1.54) is 13.8 Å². The van der Waals surface area contributed by atoms with Crippen molar-refractivity contribution in [1.82, 2.24) is 0 Å². The van der Waals surface area contributed by atoms with Crippen LogP contribution in [0.3, 0.4) is 0 Å². The maximum Gasteiger partial charge on any atom is 0.227 e. The number of rotatable bonds is 7. The molecular formula is C10H16N2O4. The Hall–Kier alpha value is -1.72. The Bertz CT molecular complexity index is 265. The van der Waals surface area contributed by atoms with Crippen LogP contribution in [-0.4, -0.2) is 23.4 Å². The second-order valence-corrected chi connectivity index (χ2v) is 3.71. The molecule has 0 rings (SSSR count). The fraction of sp³-hybridized carbons (Fsp3) is 0.600. The summed E-state index contributed by atoms with van der Waals surface area (Å²) in [5.74, 6) is -4.17. The lowest BCUT2D eigenvalue weighted by Crippen LogP contribution is -2.33. The number of carbonyl (C=O) groups is 4. The normalized spacial score (nSPS) is 13.9. The van der Waals surface area contributed by atoms with Gasteiger partial charge in [-0.15, -0.1) is 0 Å². The largest absolute Gasteiger partial charge is 0.369 e. The van der Waals surface area contributed by atoms with Gasteiger partial charge in [-0.2, -0.15) is 0 Å². The van der Waals surface area contributed by atoms with Crippen LogP contribution < -0.4 is 11.5 Å². The van der Waals surface area contributed by atoms with Crippen molar-refractivity contribution >= 4 is 23.4 Å². The summed E-state index contributed by atoms with van der Waals surface area (Å²) in [4.78, 5) is 43.9. The van der Waals surface area contributed by atoms with Crippen molar-refractivity contribution in [2.75, 3.05) is 0 Å². The molecule has 0 bridgehead atoms. The molecule has 0 saturated heterocycles. The summed E-state index contributed by atoms with van der Waals surface area (Å²) < 4.78 is 0. The Kier molecular flexibility index (Phi) is 5.35. The Morgan fingerprint density at radius 1 is 0.812 bits per heavy atom. The molecule has 6 nitrogen and oxygen atoms in total. The maximum atomic E-state index is 11.0. The first kappa shape index (κ1) is 14.3. The van der Waals surface area contributed by atoms with Gasteiger partial charge in [0.1, 0.15) is 11.6 Å². The zero-order valence-corrected chi connectivity index (χ0v) is 9.36. The highest BCUT2D eigenvalue weighted by atomic mass is 16.2. The number of carbonyl (C=O) groups excluding carboxylic acids is 4. The zero-order chi connectivity index (χ0) is 12.9. The standard InChI is InChI=1S/C10H16N2O4/c1-5(13)7(9(11)15)3-4-8(6(2)14)10(12)16/h7-8H,3-4H2,1-2H3,(H2,11,15)(H2,12,16). The van der Waals surface area contributed by atoms with E-state index in [9.17, 15) is 19.2 Å². The number of ketones is 2. The molecule has 0 aliphatic rings. The quantitative estimate of drug-likeness (QED) is 0.551. The molecule has 0 spiro atoms. The van der Waals surface area contributed by atoms with Crippen LogP contribution >= 0.6 is 0 Å². The predicted octanol–water partition coefficient (Wildman–Crippen LogP) is -0.852. The third-order valence-electron chi connectivity index (χ3n) is 2.41. The fourth-order valence-electron chi connectivity index (χ4n) is 1.43. The average Bonchev–Trinajstić information content (AvgIpc) is 2.09. The van der Waals surface area contributed by atoms with E-state index in [2.05, 4.69) is 0 Å². The Balaban J connectivity index is 4.50. The van der Waals surface area contributed by atoms with E-state index in [0.717, 1.165) is 0 Å². The lowest BCUT2D eigenvalue weighted by atomic mass is 9.90. The van der Waals surface area contributed by atoms with Gasteiger partial charge >= 0.3 is 0 Å². The minimum atomic E-state index is -0.957. The van der Waals surface area contributed by atoms with Crippen molar-refractivity contribution in [3.8, 4) is 0 Å². The van der Waals surface area contributed by atoms with Gasteiger partial charge in [0.25, 0.3) is 0 Å². The third kappa shape index (κ3) is 4.20. The lowest BCUT2D eigenvalue weighted by molar-refractivity contribution is -0.135. The van der Waals surface area contributed by atoms with Crippen molar-refractivity contribution in [2.45, 2.75) is 26.7 Å². The van der Waals surface area contributed by atoms with Crippen LogP contribution in [0.5, 0.6) is 0 Å². The molecule has 2 unspecified atom stereocenters. The highest BCUT2D eigenvalue weighted by Gasteiger charge is 2.26. The summed E-state index contributed by atoms with van der Waals surface area (Å²) in [5.41, 5.74) is 10.0. The summed E-state index contributed by atoms with van der Waals surface area (Å²) in [5, 5.41) is 0. The van der Waals surface area contributed by atoms with Crippen molar-refractivity contribution in [3.05, 3.63) is 0 Å². The monoisotopic (exact) mass is 228 g/mol. The first-order valence-corrected chi connectivity index (χ1v) is 4.87. The minimum Gasteiger partial charge on any atom is -0.369 e. The van der Waals surface area contributed by atoms with Gasteiger partial charge in [-0.05, 0) is 26.7 Å². The first-order chi connectivity index (χ1) is 7.27. The van der Waals surface area contributed by atoms with Crippen LogP contribution in [0.1, 0.15) is 26.7 Å². The summed E-state index contributed by atoms with van der Waals surface area (Å²) in [6.07, 6.45) is 0.135. The second-order valence-electron chi connectivity index (χ2n) is 3.71. The predicted molar refractivity (Wildman–Crippen MR) is 56.0 cm³/mol. The SMILES string of the molecule is CC(=O)C(CCC(C(C)=O)C(N)=O)C(N)=O. The number of hydrogen-bond acceptors (Lipinski definition) is 4. The molecular weight excluding hydrogens is 212 g/mol. The molecule has 90 valence electrons. The maximum absolute atomic E-state index is 11.0. The zero-order valence-electron chi connectivity index (χ0n) is 9.36. The highest BCUT2D eigenvalue weighted by molar-refractivity contribution is 6.01. The summed E-state index contributed by atoms with van der Waals surface area (Å²) in [7, 11) is 0. The molecule has 0 aliphatic heterocycles. The van der Waals surface area contributed by atoms with Crippen LogP contribution in [0.4, 0.5) is 0 Å². The van der Waals surface area contributed by atoms with Gasteiger partial charge in [-0.3, -0.25) is 19.2 Å². The van der Waals surface area contributed by atoms with E-state index in [0.29, 0.717) is 0 Å². The molecule has 0 fully saturated rings. The molecule has 16 heavy (non-hydrogen) atoms. The molecule has 0 aromatic heterocycles. The van der Waals surface area contributed by atoms with E-state index in [-0.39, 0.29) is 24.4 Å². The van der Waals surface area contributed by atoms with Gasteiger partial charge < -0.3 is 11.5 Å². The molecule has 0 aromatic carbocycles. The number of primary amides is 2. The van der Waals surface area contributed by atoms with E-state index in [4.69, 9.17) is 11.5 Å². The molecule has 0 radical (unpaired) electrons. The average molecular weight is 228 g/mol. The van der Waals surface area contributed by atoms with Gasteiger partial charge in [0.05, 0.1) is 11.8 Å². The molecule has 4 N–H and O–H groups in total. The molecule has 6 heteroatoms. The number of nitrogens with two attached hydrogens (primary N) is 2. The highest BCUT2D eigenvalue weighted by Crippen LogP contribution is 2.14. The number of hydrogen-bond donors (Lipinski definition) is 2. The van der Waals surface area contributed by atoms with Crippen LogP contribution in [0.2, 0.25) is 0 Å². The van der Waals surface area contributed by atoms with E-state index < -0.39 is 23.7 Å². The number of Topliss-reactive ketones (excluding diaryl/α,β-unsaturated/α-hetero) is 2. The summed E-state index contributed by atoms with van der Waals surface area (Å²) in [6, 6.07) is 0. The van der Waals surface area contributed by atoms with E-state index >= 15 is 0 Å². The lowest BCUT2D eigenvalue weighted by Gasteiger charge is -2.13. The van der Waals surface area contributed by atoms with Crippen molar-refractivity contribution in [1.29, 1.82) is 0 Å². The van der Waals surface area contributed by atoms with Crippen LogP contribution in [0.25, 0.3) is 0 Å². The third-order valence-corrected chi connectivity index (χ3v) is 2.41. The Morgan fingerprint density at radius 3 is 1.19 bits per heavy atom. The van der Waals surface area contributed by atoms with Crippen LogP contribution in [0.15, 0.2) is 0 Å². The smallest absolute Gasteiger partial charge is 0.227 e. The van der Waals surface area contributed by atoms with Gasteiger partial charge in [-0.1, -0.05) is 0 Å². The van der Waals surface area contributed by atoms with Crippen LogP contribution in [0, 0.1) is 11.8 Å². The summed E-state index contributed by atoms with van der Waals surface area (Å²) in [6.45, 7) is 2.48. The molecule has 2 atom stereocenters. The molecule has 2 amide bonds. The van der Waals surface area contributed by atoms with Gasteiger partial charge in [-0.25, -0.2) is 0 Å². The molecule has 0 aromatic rings. The van der Waals surface area contributed by atoms with Gasteiger partial charge in [0.15, 0.2) is 0 Å². The fourth-order valence-corrected chi connectivity index (χ4v) is 1.43. The summed E-state index contributed by atoms with van der Waals surface area (Å²) >= 11 is 0. The van der Waals surface area contributed by atoms with E-state index in [1.54, 1.807) is 0 Å². The van der Waals surface area contributed by atoms with Crippen molar-refractivity contribution in [3.63, 3.8) is 0 Å². The van der Waals surface area contributed by atoms with Crippen molar-refractivity contribution < 1.29 is 19.2 Å². The Morgan fingerprint density at radius 2 is 1.06 bits per heavy atom. The van der Waals surface area contributed by atoms with Crippen LogP contribution in [-0.2, 0) is 19.2 Å². The molecule has 0 aliphatic carbocycles. The minimum absolute atomic E-state index is 0.0673. The Labute approximate surface area is 93.3 Å². The first-order valence-electron chi connectivity index (χ1n) is 4.87. The number of amides is 2. The van der Waals surface area contributed by atoms with Gasteiger partial charge in [0.2, 0.25) is 11.8 Å². The molecule has 0 saturated carbocycles. The second kappa shape index (κ2) is 5.99.